The maximum absolute atomic E-state index is 12.4. The number of carbonyl (C=O) groups is 2. The van der Waals surface area contributed by atoms with Crippen LogP contribution in [0.1, 0.15) is 39.5 Å². The van der Waals surface area contributed by atoms with Gasteiger partial charge >= 0.3 is 0 Å². The molecule has 0 radical (unpaired) electrons. The van der Waals surface area contributed by atoms with Gasteiger partial charge in [0.05, 0.1) is 5.92 Å². The van der Waals surface area contributed by atoms with Gasteiger partial charge in [-0.25, -0.2) is 0 Å². The fourth-order valence-corrected chi connectivity index (χ4v) is 2.71. The summed E-state index contributed by atoms with van der Waals surface area (Å²) >= 11 is 0. The lowest BCUT2D eigenvalue weighted by Gasteiger charge is -2.31. The van der Waals surface area contributed by atoms with Crippen molar-refractivity contribution >= 4 is 11.6 Å². The topological polar surface area (TPSA) is 52.6 Å². The fraction of sp³-hybridized carbons (Fsp3) is 0.857. The molecule has 0 amide bonds. The highest BCUT2D eigenvalue weighted by Crippen LogP contribution is 2.33. The molecule has 1 rings (SSSR count). The molecule has 0 spiro atoms. The molecule has 0 aromatic carbocycles. The molecule has 0 bridgehead atoms. The van der Waals surface area contributed by atoms with Gasteiger partial charge in [0.15, 0.2) is 5.78 Å². The van der Waals surface area contributed by atoms with Gasteiger partial charge in [-0.05, 0) is 18.8 Å². The summed E-state index contributed by atoms with van der Waals surface area (Å²) in [6, 6.07) is 0. The van der Waals surface area contributed by atoms with E-state index in [2.05, 4.69) is 13.8 Å². The van der Waals surface area contributed by atoms with Gasteiger partial charge in [0.2, 0.25) is 6.29 Å². The number of hydrogen-bond acceptors (Lipinski definition) is 4. The van der Waals surface area contributed by atoms with Gasteiger partial charge in [0, 0.05) is 20.1 Å². The minimum absolute atomic E-state index is 0.0204. The predicted molar refractivity (Wildman–Crippen MR) is 68.1 cm³/mol. The molecule has 0 saturated heterocycles. The first-order valence-corrected chi connectivity index (χ1v) is 6.69. The third kappa shape index (κ3) is 3.18. The van der Waals surface area contributed by atoms with Crippen LogP contribution < -0.4 is 0 Å². The van der Waals surface area contributed by atoms with Gasteiger partial charge in [-0.1, -0.05) is 26.7 Å². The third-order valence-corrected chi connectivity index (χ3v) is 4.05. The minimum atomic E-state index is -0.908. The van der Waals surface area contributed by atoms with E-state index in [1.165, 1.54) is 14.2 Å². The molecule has 0 heterocycles. The van der Waals surface area contributed by atoms with Crippen LogP contribution in [0.25, 0.3) is 0 Å². The van der Waals surface area contributed by atoms with Crippen LogP contribution in [0, 0.1) is 17.8 Å². The average molecular weight is 256 g/mol. The highest BCUT2D eigenvalue weighted by molar-refractivity contribution is 6.05. The van der Waals surface area contributed by atoms with E-state index in [9.17, 15) is 9.59 Å². The molecule has 0 N–H and O–H groups in total. The zero-order chi connectivity index (χ0) is 13.7. The molecule has 0 unspecified atom stereocenters. The Kier molecular flexibility index (Phi) is 5.96. The first-order valence-electron chi connectivity index (χ1n) is 6.69. The molecular formula is C14H24O4. The number of Topliss-reactive ketones (excluding diaryl/α,β-unsaturated/α-hetero) is 2. The Bertz CT molecular complexity index is 296. The van der Waals surface area contributed by atoms with Crippen molar-refractivity contribution < 1.29 is 19.1 Å². The monoisotopic (exact) mass is 256 g/mol. The summed E-state index contributed by atoms with van der Waals surface area (Å²) in [4.78, 5) is 24.5. The number of hydrogen-bond donors (Lipinski definition) is 0. The number of ketones is 2. The van der Waals surface area contributed by atoms with E-state index in [4.69, 9.17) is 9.47 Å². The molecule has 0 aliphatic heterocycles. The van der Waals surface area contributed by atoms with Gasteiger partial charge < -0.3 is 9.47 Å². The third-order valence-electron chi connectivity index (χ3n) is 4.05. The van der Waals surface area contributed by atoms with Crippen LogP contribution in [0.4, 0.5) is 0 Å². The SMILES string of the molecule is CC[C@H](C)[C@H]1CCC[C@H](C(=O)C(OC)OC)C1=O. The second-order valence-electron chi connectivity index (χ2n) is 5.08. The van der Waals surface area contributed by atoms with Gasteiger partial charge in [-0.15, -0.1) is 0 Å². The second-order valence-corrected chi connectivity index (χ2v) is 5.08. The fourth-order valence-electron chi connectivity index (χ4n) is 2.71. The summed E-state index contributed by atoms with van der Waals surface area (Å²) in [5, 5.41) is 0. The predicted octanol–water partition coefficient (Wildman–Crippen LogP) is 2.21. The van der Waals surface area contributed by atoms with Crippen LogP contribution in [0.15, 0.2) is 0 Å². The average Bonchev–Trinajstić information content (AvgIpc) is 2.39. The van der Waals surface area contributed by atoms with Crippen LogP contribution in [-0.4, -0.2) is 32.1 Å². The molecule has 4 nitrogen and oxygen atoms in total. The molecular weight excluding hydrogens is 232 g/mol. The number of carbonyl (C=O) groups excluding carboxylic acids is 2. The first kappa shape index (κ1) is 15.3. The lowest BCUT2D eigenvalue weighted by Crippen LogP contribution is -2.42. The van der Waals surface area contributed by atoms with Crippen LogP contribution >= 0.6 is 0 Å². The maximum atomic E-state index is 12.4. The molecule has 0 aromatic rings. The van der Waals surface area contributed by atoms with Crippen molar-refractivity contribution in [3.05, 3.63) is 0 Å². The van der Waals surface area contributed by atoms with E-state index >= 15 is 0 Å². The zero-order valence-electron chi connectivity index (χ0n) is 11.8. The van der Waals surface area contributed by atoms with Gasteiger partial charge in [0.1, 0.15) is 5.78 Å². The van der Waals surface area contributed by atoms with Crippen molar-refractivity contribution in [1.29, 1.82) is 0 Å². The first-order chi connectivity index (χ1) is 8.56. The highest BCUT2D eigenvalue weighted by Gasteiger charge is 2.40. The normalized spacial score (nSPS) is 26.4. The Balaban J connectivity index is 2.77. The maximum Gasteiger partial charge on any atom is 0.218 e. The van der Waals surface area contributed by atoms with E-state index in [1.54, 1.807) is 0 Å². The minimum Gasteiger partial charge on any atom is -0.349 e. The molecule has 104 valence electrons. The number of rotatable bonds is 6. The molecule has 1 aliphatic rings. The molecule has 4 heteroatoms. The van der Waals surface area contributed by atoms with Crippen molar-refractivity contribution in [1.82, 2.24) is 0 Å². The lowest BCUT2D eigenvalue weighted by atomic mass is 9.72. The molecule has 0 aromatic heterocycles. The molecule has 1 fully saturated rings. The van der Waals surface area contributed by atoms with E-state index in [1.807, 2.05) is 0 Å². The number of methoxy groups -OCH3 is 2. The zero-order valence-corrected chi connectivity index (χ0v) is 11.8. The quantitative estimate of drug-likeness (QED) is 0.540. The summed E-state index contributed by atoms with van der Waals surface area (Å²) in [7, 11) is 2.84. The Morgan fingerprint density at radius 3 is 2.44 bits per heavy atom. The van der Waals surface area contributed by atoms with Gasteiger partial charge in [0.25, 0.3) is 0 Å². The largest absolute Gasteiger partial charge is 0.349 e. The molecule has 1 aliphatic carbocycles. The van der Waals surface area contributed by atoms with E-state index in [-0.39, 0.29) is 17.5 Å². The Labute approximate surface area is 109 Å². The smallest absolute Gasteiger partial charge is 0.218 e. The summed E-state index contributed by atoms with van der Waals surface area (Å²) in [5.41, 5.74) is 0. The van der Waals surface area contributed by atoms with Crippen LogP contribution in [0.5, 0.6) is 0 Å². The molecule has 18 heavy (non-hydrogen) atoms. The summed E-state index contributed by atoms with van der Waals surface area (Å²) in [5.74, 6) is -0.316. The Morgan fingerprint density at radius 2 is 1.94 bits per heavy atom. The van der Waals surface area contributed by atoms with Crippen molar-refractivity contribution in [2.75, 3.05) is 14.2 Å². The molecule has 3 atom stereocenters. The standard InChI is InChI=1S/C14H24O4/c1-5-9(2)10-7-6-8-11(12(10)15)13(16)14(17-3)18-4/h9-11,14H,5-8H2,1-4H3/t9-,10+,11-/m0/s1. The van der Waals surface area contributed by atoms with Crippen LogP contribution in [-0.2, 0) is 19.1 Å². The number of ether oxygens (including phenoxy) is 2. The Morgan fingerprint density at radius 1 is 1.33 bits per heavy atom. The van der Waals surface area contributed by atoms with Crippen molar-refractivity contribution in [2.24, 2.45) is 17.8 Å². The summed E-state index contributed by atoms with van der Waals surface area (Å²) < 4.78 is 9.92. The van der Waals surface area contributed by atoms with E-state index < -0.39 is 12.2 Å². The van der Waals surface area contributed by atoms with Crippen LogP contribution in [0.3, 0.4) is 0 Å². The summed E-state index contributed by atoms with van der Waals surface area (Å²) in [6.45, 7) is 4.16. The lowest BCUT2D eigenvalue weighted by molar-refractivity contribution is -0.165. The van der Waals surface area contributed by atoms with Crippen LogP contribution in [0.2, 0.25) is 0 Å². The second kappa shape index (κ2) is 7.00. The summed E-state index contributed by atoms with van der Waals surface area (Å²) in [6.07, 6.45) is 2.53. The van der Waals surface area contributed by atoms with E-state index in [0.29, 0.717) is 12.3 Å². The van der Waals surface area contributed by atoms with Crippen molar-refractivity contribution in [3.63, 3.8) is 0 Å². The van der Waals surface area contributed by atoms with Crippen molar-refractivity contribution in [3.8, 4) is 0 Å². The molecule has 1 saturated carbocycles. The Hall–Kier alpha value is -0.740. The van der Waals surface area contributed by atoms with E-state index in [0.717, 1.165) is 19.3 Å². The van der Waals surface area contributed by atoms with Gasteiger partial charge in [-0.3, -0.25) is 9.59 Å². The van der Waals surface area contributed by atoms with Gasteiger partial charge in [-0.2, -0.15) is 0 Å². The van der Waals surface area contributed by atoms with Crippen molar-refractivity contribution in [2.45, 2.75) is 45.8 Å². The highest BCUT2D eigenvalue weighted by atomic mass is 16.7.